The number of aliphatic carboxylic acids is 2. The van der Waals surface area contributed by atoms with Gasteiger partial charge in [-0.15, -0.1) is 0 Å². The van der Waals surface area contributed by atoms with Gasteiger partial charge in [-0.2, -0.15) is 0 Å². The predicted octanol–water partition coefficient (Wildman–Crippen LogP) is 3.06. The highest BCUT2D eigenvalue weighted by Gasteiger charge is 2.17. The number of carbonyl (C=O) groups is 2. The van der Waals surface area contributed by atoms with Crippen LogP contribution in [-0.2, 0) is 16.0 Å². The molecule has 0 aliphatic carbocycles. The first-order valence-corrected chi connectivity index (χ1v) is 7.07. The van der Waals surface area contributed by atoms with Crippen molar-refractivity contribution in [1.29, 1.82) is 0 Å². The molecule has 0 spiro atoms. The van der Waals surface area contributed by atoms with Crippen molar-refractivity contribution < 1.29 is 19.8 Å². The van der Waals surface area contributed by atoms with Crippen LogP contribution in [0.25, 0.3) is 10.9 Å². The third-order valence-corrected chi connectivity index (χ3v) is 3.64. The first kappa shape index (κ1) is 15.1. The summed E-state index contributed by atoms with van der Waals surface area (Å²) < 4.78 is 0. The SMILES string of the molecule is O=C(O)CCCC(CCc1cc2ccccc2[nH]1)C(=O)O. The van der Waals surface area contributed by atoms with E-state index >= 15 is 0 Å². The molecule has 3 N–H and O–H groups in total. The Labute approximate surface area is 122 Å². The molecule has 1 aromatic heterocycles. The minimum absolute atomic E-state index is 0.0240. The van der Waals surface area contributed by atoms with Gasteiger partial charge in [0.15, 0.2) is 0 Å². The molecule has 0 radical (unpaired) electrons. The van der Waals surface area contributed by atoms with Crippen LogP contribution in [0.1, 0.15) is 31.4 Å². The highest BCUT2D eigenvalue weighted by molar-refractivity contribution is 5.80. The number of carboxylic acid groups (broad SMARTS) is 2. The van der Waals surface area contributed by atoms with E-state index in [1.807, 2.05) is 30.3 Å². The molecule has 1 unspecified atom stereocenters. The molecule has 5 nitrogen and oxygen atoms in total. The molecule has 1 aromatic carbocycles. The Hall–Kier alpha value is -2.30. The fraction of sp³-hybridized carbons (Fsp3) is 0.375. The lowest BCUT2D eigenvalue weighted by Gasteiger charge is -2.10. The van der Waals surface area contributed by atoms with Crippen LogP contribution in [0.5, 0.6) is 0 Å². The maximum Gasteiger partial charge on any atom is 0.306 e. The number of rotatable bonds is 8. The number of para-hydroxylation sites is 1. The van der Waals surface area contributed by atoms with Gasteiger partial charge in [0.1, 0.15) is 0 Å². The predicted molar refractivity (Wildman–Crippen MR) is 79.2 cm³/mol. The lowest BCUT2D eigenvalue weighted by Crippen LogP contribution is -2.15. The number of H-pyrrole nitrogens is 1. The summed E-state index contributed by atoms with van der Waals surface area (Å²) >= 11 is 0. The molecule has 0 fully saturated rings. The van der Waals surface area contributed by atoms with Gasteiger partial charge in [0.2, 0.25) is 0 Å². The highest BCUT2D eigenvalue weighted by atomic mass is 16.4. The van der Waals surface area contributed by atoms with E-state index in [1.54, 1.807) is 0 Å². The summed E-state index contributed by atoms with van der Waals surface area (Å²) in [4.78, 5) is 25.0. The van der Waals surface area contributed by atoms with Crippen LogP contribution in [0.4, 0.5) is 0 Å². The first-order chi connectivity index (χ1) is 10.1. The van der Waals surface area contributed by atoms with Crippen molar-refractivity contribution in [2.45, 2.75) is 32.1 Å². The summed E-state index contributed by atoms with van der Waals surface area (Å²) in [6.45, 7) is 0. The topological polar surface area (TPSA) is 90.4 Å². The van der Waals surface area contributed by atoms with Crippen LogP contribution in [0, 0.1) is 5.92 Å². The van der Waals surface area contributed by atoms with Crippen LogP contribution in [0.3, 0.4) is 0 Å². The summed E-state index contributed by atoms with van der Waals surface area (Å²) in [5.74, 6) is -2.22. The molecular weight excluding hydrogens is 270 g/mol. The van der Waals surface area contributed by atoms with E-state index in [2.05, 4.69) is 4.98 Å². The Morgan fingerprint density at radius 2 is 1.90 bits per heavy atom. The molecule has 1 heterocycles. The van der Waals surface area contributed by atoms with Gasteiger partial charge < -0.3 is 15.2 Å². The summed E-state index contributed by atoms with van der Waals surface area (Å²) in [5, 5.41) is 18.9. The van der Waals surface area contributed by atoms with Gasteiger partial charge in [0.25, 0.3) is 0 Å². The minimum atomic E-state index is -0.880. The molecule has 0 aliphatic heterocycles. The summed E-state index contributed by atoms with van der Waals surface area (Å²) in [6.07, 6.45) is 2.00. The molecule has 0 saturated carbocycles. The smallest absolute Gasteiger partial charge is 0.306 e. The van der Waals surface area contributed by atoms with Gasteiger partial charge >= 0.3 is 11.9 Å². The van der Waals surface area contributed by atoms with Crippen LogP contribution in [0.15, 0.2) is 30.3 Å². The number of fused-ring (bicyclic) bond motifs is 1. The second-order valence-electron chi connectivity index (χ2n) is 5.24. The molecule has 5 heteroatoms. The average molecular weight is 289 g/mol. The van der Waals surface area contributed by atoms with Gasteiger partial charge in [-0.3, -0.25) is 9.59 Å². The van der Waals surface area contributed by atoms with E-state index in [0.29, 0.717) is 25.7 Å². The second kappa shape index (κ2) is 6.92. The van der Waals surface area contributed by atoms with Gasteiger partial charge in [0, 0.05) is 17.6 Å². The normalized spacial score (nSPS) is 12.4. The lowest BCUT2D eigenvalue weighted by atomic mass is 9.96. The highest BCUT2D eigenvalue weighted by Crippen LogP contribution is 2.20. The van der Waals surface area contributed by atoms with Crippen molar-refractivity contribution in [3.05, 3.63) is 36.0 Å². The molecule has 2 rings (SSSR count). The van der Waals surface area contributed by atoms with Gasteiger partial charge in [-0.25, -0.2) is 0 Å². The maximum absolute atomic E-state index is 11.2. The average Bonchev–Trinajstić information content (AvgIpc) is 2.84. The molecule has 112 valence electrons. The van der Waals surface area contributed by atoms with Gasteiger partial charge in [0.05, 0.1) is 5.92 Å². The van der Waals surface area contributed by atoms with Crippen LogP contribution in [0.2, 0.25) is 0 Å². The van der Waals surface area contributed by atoms with E-state index in [9.17, 15) is 14.7 Å². The molecule has 0 aliphatic rings. The van der Waals surface area contributed by atoms with E-state index < -0.39 is 17.9 Å². The molecule has 0 bridgehead atoms. The number of carboxylic acids is 2. The van der Waals surface area contributed by atoms with Crippen molar-refractivity contribution in [2.24, 2.45) is 5.92 Å². The molecule has 2 aromatic rings. The Morgan fingerprint density at radius 3 is 2.57 bits per heavy atom. The molecule has 1 atom stereocenters. The maximum atomic E-state index is 11.2. The Bertz CT molecular complexity index is 599. The fourth-order valence-corrected chi connectivity index (χ4v) is 2.49. The number of aromatic nitrogens is 1. The molecular formula is C16H19NO4. The van der Waals surface area contributed by atoms with Crippen molar-refractivity contribution in [1.82, 2.24) is 4.98 Å². The van der Waals surface area contributed by atoms with Crippen molar-refractivity contribution in [3.63, 3.8) is 0 Å². The van der Waals surface area contributed by atoms with Crippen molar-refractivity contribution in [3.8, 4) is 0 Å². The van der Waals surface area contributed by atoms with Crippen molar-refractivity contribution >= 4 is 22.8 Å². The zero-order valence-electron chi connectivity index (χ0n) is 11.7. The summed E-state index contributed by atoms with van der Waals surface area (Å²) in [7, 11) is 0. The molecule has 21 heavy (non-hydrogen) atoms. The van der Waals surface area contributed by atoms with E-state index in [-0.39, 0.29) is 6.42 Å². The Morgan fingerprint density at radius 1 is 1.14 bits per heavy atom. The third-order valence-electron chi connectivity index (χ3n) is 3.64. The van der Waals surface area contributed by atoms with Gasteiger partial charge in [-0.1, -0.05) is 18.2 Å². The number of hydrogen-bond acceptors (Lipinski definition) is 2. The zero-order chi connectivity index (χ0) is 15.2. The first-order valence-electron chi connectivity index (χ1n) is 7.07. The number of benzene rings is 1. The number of aryl methyl sites for hydroxylation is 1. The molecule has 0 amide bonds. The summed E-state index contributed by atoms with van der Waals surface area (Å²) in [5.41, 5.74) is 2.06. The van der Waals surface area contributed by atoms with E-state index in [1.165, 1.54) is 0 Å². The largest absolute Gasteiger partial charge is 0.481 e. The third kappa shape index (κ3) is 4.34. The van der Waals surface area contributed by atoms with Crippen molar-refractivity contribution in [2.75, 3.05) is 0 Å². The quantitative estimate of drug-likeness (QED) is 0.696. The summed E-state index contributed by atoms with van der Waals surface area (Å²) in [6, 6.07) is 9.95. The van der Waals surface area contributed by atoms with Crippen LogP contribution in [-0.4, -0.2) is 27.1 Å². The van der Waals surface area contributed by atoms with E-state index in [4.69, 9.17) is 5.11 Å². The standard InChI is InChI=1S/C16H19NO4/c18-15(19)7-3-5-11(16(20)21)8-9-13-10-12-4-1-2-6-14(12)17-13/h1-2,4,6,10-11,17H,3,5,7-9H2,(H,18,19)(H,20,21). The zero-order valence-corrected chi connectivity index (χ0v) is 11.7. The molecule has 0 saturated heterocycles. The second-order valence-corrected chi connectivity index (χ2v) is 5.24. The lowest BCUT2D eigenvalue weighted by molar-refractivity contribution is -0.143. The van der Waals surface area contributed by atoms with E-state index in [0.717, 1.165) is 16.6 Å². The number of nitrogens with one attached hydrogen (secondary N) is 1. The Kier molecular flexibility index (Phi) is 4.98. The van der Waals surface area contributed by atoms with Gasteiger partial charge in [-0.05, 0) is 43.2 Å². The van der Waals surface area contributed by atoms with Crippen LogP contribution < -0.4 is 0 Å². The monoisotopic (exact) mass is 289 g/mol. The Balaban J connectivity index is 1.91. The fourth-order valence-electron chi connectivity index (χ4n) is 2.49. The number of hydrogen-bond donors (Lipinski definition) is 3. The van der Waals surface area contributed by atoms with Crippen LogP contribution >= 0.6 is 0 Å². The minimum Gasteiger partial charge on any atom is -0.481 e. The number of aromatic amines is 1.